The number of amides is 2. The molecule has 2 amide bonds. The quantitative estimate of drug-likeness (QED) is 0.501. The number of primary amides is 1. The van der Waals surface area contributed by atoms with Crippen molar-refractivity contribution >= 4 is 34.2 Å². The van der Waals surface area contributed by atoms with Crippen molar-refractivity contribution in [3.8, 4) is 17.6 Å². The number of hydrogen-bond donors (Lipinski definition) is 2. The number of carbonyl (C=O) groups excluding carboxylic acids is 2. The highest BCUT2D eigenvalue weighted by molar-refractivity contribution is 7.17. The Morgan fingerprint density at radius 2 is 2.16 bits per heavy atom. The van der Waals surface area contributed by atoms with E-state index in [1.54, 1.807) is 18.2 Å². The molecule has 1 heterocycles. The highest BCUT2D eigenvalue weighted by atomic mass is 32.1. The summed E-state index contributed by atoms with van der Waals surface area (Å²) in [5.41, 5.74) is 7.41. The van der Waals surface area contributed by atoms with Gasteiger partial charge in [-0.05, 0) is 61.4 Å². The third kappa shape index (κ3) is 4.89. The van der Waals surface area contributed by atoms with E-state index in [2.05, 4.69) is 12.2 Å². The lowest BCUT2D eigenvalue weighted by Crippen LogP contribution is -2.19. The number of rotatable bonds is 7. The molecular formula is C23H25N3O4S. The average Bonchev–Trinajstić information content (AvgIpc) is 3.09. The number of anilines is 1. The van der Waals surface area contributed by atoms with Gasteiger partial charge in [0.2, 0.25) is 0 Å². The molecule has 2 aromatic rings. The minimum absolute atomic E-state index is 0.0960. The van der Waals surface area contributed by atoms with E-state index in [1.165, 1.54) is 24.5 Å². The molecule has 1 aromatic heterocycles. The average molecular weight is 440 g/mol. The first-order valence-electron chi connectivity index (χ1n) is 10.1. The molecule has 8 heteroatoms. The van der Waals surface area contributed by atoms with Gasteiger partial charge in [0, 0.05) is 4.88 Å². The first kappa shape index (κ1) is 22.4. The van der Waals surface area contributed by atoms with Crippen LogP contribution in [0, 0.1) is 17.2 Å². The number of fused-ring (bicyclic) bond motifs is 1. The van der Waals surface area contributed by atoms with E-state index in [-0.39, 0.29) is 5.57 Å². The normalized spacial score (nSPS) is 15.5. The van der Waals surface area contributed by atoms with Crippen LogP contribution >= 0.6 is 11.3 Å². The van der Waals surface area contributed by atoms with Gasteiger partial charge >= 0.3 is 0 Å². The summed E-state index contributed by atoms with van der Waals surface area (Å²) in [7, 11) is 1.52. The second-order valence-electron chi connectivity index (χ2n) is 7.39. The molecule has 1 aliphatic carbocycles. The molecule has 0 aliphatic heterocycles. The Bertz CT molecular complexity index is 1080. The van der Waals surface area contributed by atoms with Gasteiger partial charge in [-0.25, -0.2) is 0 Å². The number of nitrogens with one attached hydrogen (secondary N) is 1. The lowest BCUT2D eigenvalue weighted by molar-refractivity contribution is -0.112. The third-order valence-electron chi connectivity index (χ3n) is 5.15. The van der Waals surface area contributed by atoms with Gasteiger partial charge in [-0.2, -0.15) is 5.26 Å². The van der Waals surface area contributed by atoms with Gasteiger partial charge in [0.25, 0.3) is 11.8 Å². The van der Waals surface area contributed by atoms with Gasteiger partial charge in [0.05, 0.1) is 19.3 Å². The predicted molar refractivity (Wildman–Crippen MR) is 120 cm³/mol. The number of nitriles is 1. The number of benzene rings is 1. The first-order chi connectivity index (χ1) is 14.9. The van der Waals surface area contributed by atoms with Crippen LogP contribution in [0.5, 0.6) is 11.5 Å². The molecule has 1 aromatic carbocycles. The summed E-state index contributed by atoms with van der Waals surface area (Å²) in [4.78, 5) is 26.0. The topological polar surface area (TPSA) is 114 Å². The first-order valence-corrected chi connectivity index (χ1v) is 10.9. The van der Waals surface area contributed by atoms with Crippen molar-refractivity contribution in [2.45, 2.75) is 33.1 Å². The Balaban J connectivity index is 1.89. The zero-order valence-electron chi connectivity index (χ0n) is 17.8. The Kier molecular flexibility index (Phi) is 6.98. The van der Waals surface area contributed by atoms with Crippen molar-refractivity contribution in [3.05, 3.63) is 45.3 Å². The van der Waals surface area contributed by atoms with Gasteiger partial charge < -0.3 is 20.5 Å². The van der Waals surface area contributed by atoms with Crippen molar-refractivity contribution in [2.75, 3.05) is 19.0 Å². The van der Waals surface area contributed by atoms with Crippen LogP contribution in [0.2, 0.25) is 0 Å². The van der Waals surface area contributed by atoms with E-state index in [4.69, 9.17) is 15.2 Å². The minimum Gasteiger partial charge on any atom is -0.493 e. The van der Waals surface area contributed by atoms with Crippen molar-refractivity contribution in [1.29, 1.82) is 5.26 Å². The van der Waals surface area contributed by atoms with E-state index in [9.17, 15) is 14.9 Å². The number of thiophene rings is 1. The maximum absolute atomic E-state index is 12.8. The number of nitrogens with zero attached hydrogens (tertiary/aromatic N) is 1. The molecule has 162 valence electrons. The summed E-state index contributed by atoms with van der Waals surface area (Å²) in [6, 6.07) is 7.08. The summed E-state index contributed by atoms with van der Waals surface area (Å²) < 4.78 is 10.8. The van der Waals surface area contributed by atoms with Crippen LogP contribution in [0.4, 0.5) is 5.00 Å². The predicted octanol–water partition coefficient (Wildman–Crippen LogP) is 3.92. The van der Waals surface area contributed by atoms with Crippen LogP contribution in [0.3, 0.4) is 0 Å². The van der Waals surface area contributed by atoms with Crippen LogP contribution in [0.25, 0.3) is 6.08 Å². The molecule has 31 heavy (non-hydrogen) atoms. The molecule has 0 radical (unpaired) electrons. The highest BCUT2D eigenvalue weighted by Crippen LogP contribution is 2.39. The molecule has 3 rings (SSSR count). The Morgan fingerprint density at radius 1 is 1.39 bits per heavy atom. The van der Waals surface area contributed by atoms with Crippen molar-refractivity contribution in [1.82, 2.24) is 0 Å². The molecule has 1 unspecified atom stereocenters. The fraction of sp³-hybridized carbons (Fsp3) is 0.348. The Hall–Kier alpha value is -3.31. The molecule has 0 bridgehead atoms. The Labute approximate surface area is 185 Å². The molecule has 1 atom stereocenters. The second kappa shape index (κ2) is 9.67. The maximum Gasteiger partial charge on any atom is 0.266 e. The fourth-order valence-electron chi connectivity index (χ4n) is 3.63. The van der Waals surface area contributed by atoms with E-state index >= 15 is 0 Å². The summed E-state index contributed by atoms with van der Waals surface area (Å²) in [6.45, 7) is 4.52. The van der Waals surface area contributed by atoms with E-state index in [0.29, 0.717) is 40.2 Å². The lowest BCUT2D eigenvalue weighted by Gasteiger charge is -2.18. The zero-order chi connectivity index (χ0) is 22.5. The number of nitrogens with two attached hydrogens (primary N) is 1. The summed E-state index contributed by atoms with van der Waals surface area (Å²) >= 11 is 1.36. The van der Waals surface area contributed by atoms with Crippen molar-refractivity contribution < 1.29 is 19.1 Å². The van der Waals surface area contributed by atoms with E-state index in [1.807, 2.05) is 13.0 Å². The largest absolute Gasteiger partial charge is 0.493 e. The van der Waals surface area contributed by atoms with E-state index in [0.717, 1.165) is 29.7 Å². The van der Waals surface area contributed by atoms with Crippen LogP contribution in [-0.4, -0.2) is 25.5 Å². The lowest BCUT2D eigenvalue weighted by atomic mass is 9.88. The Morgan fingerprint density at radius 3 is 2.81 bits per heavy atom. The van der Waals surface area contributed by atoms with Gasteiger partial charge in [0.1, 0.15) is 16.6 Å². The van der Waals surface area contributed by atoms with Crippen molar-refractivity contribution in [3.63, 3.8) is 0 Å². The number of hydrogen-bond acceptors (Lipinski definition) is 6. The summed E-state index contributed by atoms with van der Waals surface area (Å²) in [6.07, 6.45) is 4.05. The second-order valence-corrected chi connectivity index (χ2v) is 8.49. The molecule has 0 saturated carbocycles. The summed E-state index contributed by atoms with van der Waals surface area (Å²) in [5, 5.41) is 12.7. The summed E-state index contributed by atoms with van der Waals surface area (Å²) in [5.74, 6) is 0.434. The van der Waals surface area contributed by atoms with Crippen LogP contribution in [-0.2, 0) is 17.6 Å². The number of methoxy groups -OCH3 is 1. The molecular weight excluding hydrogens is 414 g/mol. The van der Waals surface area contributed by atoms with Crippen LogP contribution < -0.4 is 20.5 Å². The SMILES string of the molecule is CCOc1ccc(/C=C(/C#N)C(=O)Nc2sc3c(c2C(N)=O)CCC(C)C3)cc1OC. The monoisotopic (exact) mass is 439 g/mol. The third-order valence-corrected chi connectivity index (χ3v) is 6.32. The van der Waals surface area contributed by atoms with Crippen LogP contribution in [0.15, 0.2) is 23.8 Å². The number of carbonyl (C=O) groups is 2. The van der Waals surface area contributed by atoms with Crippen molar-refractivity contribution in [2.24, 2.45) is 11.7 Å². The van der Waals surface area contributed by atoms with Gasteiger partial charge in [-0.15, -0.1) is 11.3 Å². The maximum atomic E-state index is 12.8. The smallest absolute Gasteiger partial charge is 0.266 e. The number of ether oxygens (including phenoxy) is 2. The van der Waals surface area contributed by atoms with Crippen LogP contribution in [0.1, 0.15) is 46.6 Å². The highest BCUT2D eigenvalue weighted by Gasteiger charge is 2.27. The molecule has 0 fully saturated rings. The van der Waals surface area contributed by atoms with Gasteiger partial charge in [-0.1, -0.05) is 13.0 Å². The molecule has 0 spiro atoms. The zero-order valence-corrected chi connectivity index (χ0v) is 18.6. The van der Waals surface area contributed by atoms with Gasteiger partial charge in [0.15, 0.2) is 11.5 Å². The standard InChI is InChI=1S/C23H25N3O4S/c1-4-30-17-8-6-14(11-18(17)29-3)10-15(12-24)22(28)26-23-20(21(25)27)16-7-5-13(2)9-19(16)31-23/h6,8,10-11,13H,4-5,7,9H2,1-3H3,(H2,25,27)(H,26,28)/b15-10-. The molecule has 1 aliphatic rings. The molecule has 0 saturated heterocycles. The van der Waals surface area contributed by atoms with E-state index < -0.39 is 11.8 Å². The molecule has 3 N–H and O–H groups in total. The van der Waals surface area contributed by atoms with Gasteiger partial charge in [-0.3, -0.25) is 9.59 Å². The fourth-order valence-corrected chi connectivity index (χ4v) is 5.05. The molecule has 7 nitrogen and oxygen atoms in total. The minimum atomic E-state index is -0.593.